The lowest BCUT2D eigenvalue weighted by molar-refractivity contribution is 0.467. The second kappa shape index (κ2) is 3.91. The first-order valence-corrected chi connectivity index (χ1v) is 6.03. The Morgan fingerprint density at radius 3 is 2.67 bits per heavy atom. The molecule has 0 bridgehead atoms. The van der Waals surface area contributed by atoms with E-state index in [0.29, 0.717) is 5.75 Å². The van der Waals surface area contributed by atoms with Crippen molar-refractivity contribution < 1.29 is 5.11 Å². The molecule has 0 fully saturated rings. The molecule has 0 atom stereocenters. The van der Waals surface area contributed by atoms with E-state index in [1.165, 1.54) is 5.39 Å². The topological polar surface area (TPSA) is 36.0 Å². The molecule has 0 spiro atoms. The van der Waals surface area contributed by atoms with Crippen LogP contribution in [-0.2, 0) is 0 Å². The van der Waals surface area contributed by atoms with E-state index in [9.17, 15) is 5.11 Å². The summed E-state index contributed by atoms with van der Waals surface area (Å²) in [7, 11) is 0. The zero-order valence-electron chi connectivity index (χ0n) is 10.5. The number of H-pyrrole nitrogens is 1. The highest BCUT2D eigenvalue weighted by atomic mass is 16.3. The molecule has 0 saturated carbocycles. The van der Waals surface area contributed by atoms with Crippen LogP contribution in [0.3, 0.4) is 0 Å². The molecule has 2 heteroatoms. The van der Waals surface area contributed by atoms with Gasteiger partial charge in [0.15, 0.2) is 0 Å². The number of phenols is 1. The van der Waals surface area contributed by atoms with E-state index < -0.39 is 0 Å². The van der Waals surface area contributed by atoms with Gasteiger partial charge in [-0.2, -0.15) is 0 Å². The second-order valence-corrected chi connectivity index (χ2v) is 4.68. The fraction of sp³-hybridized carbons (Fsp3) is 0.125. The fourth-order valence-corrected chi connectivity index (χ4v) is 2.37. The molecule has 0 aliphatic rings. The maximum absolute atomic E-state index is 10.0. The van der Waals surface area contributed by atoms with Crippen molar-refractivity contribution in [2.24, 2.45) is 0 Å². The molecule has 90 valence electrons. The van der Waals surface area contributed by atoms with Crippen LogP contribution >= 0.6 is 0 Å². The first-order valence-electron chi connectivity index (χ1n) is 6.03. The molecule has 0 saturated heterocycles. The maximum atomic E-state index is 10.0. The van der Waals surface area contributed by atoms with Crippen LogP contribution in [0, 0.1) is 13.8 Å². The molecule has 0 aliphatic heterocycles. The van der Waals surface area contributed by atoms with Crippen LogP contribution in [0.4, 0.5) is 0 Å². The summed E-state index contributed by atoms with van der Waals surface area (Å²) >= 11 is 0. The van der Waals surface area contributed by atoms with Crippen LogP contribution in [0.25, 0.3) is 22.0 Å². The molecule has 1 aromatic heterocycles. The normalized spacial score (nSPS) is 11.0. The number of nitrogens with one attached hydrogen (secondary N) is 1. The van der Waals surface area contributed by atoms with Gasteiger partial charge in [0.25, 0.3) is 0 Å². The molecule has 0 amide bonds. The molecule has 2 N–H and O–H groups in total. The highest BCUT2D eigenvalue weighted by molar-refractivity contribution is 5.86. The lowest BCUT2D eigenvalue weighted by atomic mass is 9.97. The molecule has 18 heavy (non-hydrogen) atoms. The molecule has 0 radical (unpaired) electrons. The third kappa shape index (κ3) is 1.58. The van der Waals surface area contributed by atoms with E-state index in [-0.39, 0.29) is 0 Å². The van der Waals surface area contributed by atoms with Crippen molar-refractivity contribution in [3.05, 3.63) is 53.7 Å². The third-order valence-electron chi connectivity index (χ3n) is 3.50. The van der Waals surface area contributed by atoms with Gasteiger partial charge in [0.1, 0.15) is 5.75 Å². The Hall–Kier alpha value is -2.22. The van der Waals surface area contributed by atoms with E-state index >= 15 is 0 Å². The standard InChI is InChI=1S/C16H15NO/c1-10-3-5-14(11(2)16(10)18)12-4-6-15-13(9-12)7-8-17-15/h3-9,17-18H,1-2H3. The van der Waals surface area contributed by atoms with Gasteiger partial charge in [-0.25, -0.2) is 0 Å². The van der Waals surface area contributed by atoms with Crippen molar-refractivity contribution in [3.8, 4) is 16.9 Å². The number of rotatable bonds is 1. The molecule has 3 rings (SSSR count). The van der Waals surface area contributed by atoms with E-state index in [2.05, 4.69) is 35.3 Å². The van der Waals surface area contributed by atoms with Crippen molar-refractivity contribution in [3.63, 3.8) is 0 Å². The lowest BCUT2D eigenvalue weighted by Crippen LogP contribution is -1.86. The van der Waals surface area contributed by atoms with Gasteiger partial charge < -0.3 is 10.1 Å². The summed E-state index contributed by atoms with van der Waals surface area (Å²) in [5.74, 6) is 0.390. The van der Waals surface area contributed by atoms with Crippen molar-refractivity contribution in [2.45, 2.75) is 13.8 Å². The Labute approximate surface area is 106 Å². The molecule has 1 heterocycles. The Kier molecular flexibility index (Phi) is 2.37. The van der Waals surface area contributed by atoms with Gasteiger partial charge in [-0.05, 0) is 59.7 Å². The summed E-state index contributed by atoms with van der Waals surface area (Å²) < 4.78 is 0. The molecule has 0 aliphatic carbocycles. The number of aromatic hydroxyl groups is 1. The monoisotopic (exact) mass is 237 g/mol. The van der Waals surface area contributed by atoms with Crippen molar-refractivity contribution in [1.29, 1.82) is 0 Å². The number of aryl methyl sites for hydroxylation is 1. The Morgan fingerprint density at radius 1 is 1.00 bits per heavy atom. The largest absolute Gasteiger partial charge is 0.507 e. The zero-order valence-corrected chi connectivity index (χ0v) is 10.5. The number of benzene rings is 2. The average molecular weight is 237 g/mol. The van der Waals surface area contributed by atoms with Gasteiger partial charge in [-0.1, -0.05) is 18.2 Å². The highest BCUT2D eigenvalue weighted by Gasteiger charge is 2.08. The molecular formula is C16H15NO. The Bertz CT molecular complexity index is 725. The SMILES string of the molecule is Cc1ccc(-c2ccc3[nH]ccc3c2)c(C)c1O. The lowest BCUT2D eigenvalue weighted by Gasteiger charge is -2.10. The second-order valence-electron chi connectivity index (χ2n) is 4.68. The Balaban J connectivity index is 2.22. The van der Waals surface area contributed by atoms with E-state index in [1.54, 1.807) is 0 Å². The van der Waals surface area contributed by atoms with Crippen LogP contribution in [0.1, 0.15) is 11.1 Å². The predicted molar refractivity (Wildman–Crippen MR) is 74.9 cm³/mol. The Morgan fingerprint density at radius 2 is 1.83 bits per heavy atom. The first-order chi connectivity index (χ1) is 8.66. The molecule has 3 aromatic rings. The predicted octanol–water partition coefficient (Wildman–Crippen LogP) is 4.16. The van der Waals surface area contributed by atoms with Gasteiger partial charge >= 0.3 is 0 Å². The number of aromatic amines is 1. The number of fused-ring (bicyclic) bond motifs is 1. The van der Waals surface area contributed by atoms with E-state index in [4.69, 9.17) is 0 Å². The minimum absolute atomic E-state index is 0.390. The minimum Gasteiger partial charge on any atom is -0.507 e. The fourth-order valence-electron chi connectivity index (χ4n) is 2.37. The van der Waals surface area contributed by atoms with E-state index in [0.717, 1.165) is 27.8 Å². The number of aromatic nitrogens is 1. The number of hydrogen-bond acceptors (Lipinski definition) is 1. The summed E-state index contributed by atoms with van der Waals surface area (Å²) in [6, 6.07) is 12.4. The smallest absolute Gasteiger partial charge is 0.122 e. The number of phenolic OH excluding ortho intramolecular Hbond substituents is 1. The maximum Gasteiger partial charge on any atom is 0.122 e. The molecule has 2 nitrogen and oxygen atoms in total. The van der Waals surface area contributed by atoms with Gasteiger partial charge in [0.05, 0.1) is 0 Å². The van der Waals surface area contributed by atoms with Gasteiger partial charge in [-0.15, -0.1) is 0 Å². The average Bonchev–Trinajstić information content (AvgIpc) is 2.83. The minimum atomic E-state index is 0.390. The summed E-state index contributed by atoms with van der Waals surface area (Å²) in [6.07, 6.45) is 1.94. The van der Waals surface area contributed by atoms with Gasteiger partial charge in [0.2, 0.25) is 0 Å². The van der Waals surface area contributed by atoms with Crippen LogP contribution in [0.2, 0.25) is 0 Å². The van der Waals surface area contributed by atoms with Gasteiger partial charge in [-0.3, -0.25) is 0 Å². The first kappa shape index (κ1) is 10.9. The summed E-state index contributed by atoms with van der Waals surface area (Å²) in [6.45, 7) is 3.88. The van der Waals surface area contributed by atoms with Crippen LogP contribution < -0.4 is 0 Å². The van der Waals surface area contributed by atoms with Crippen molar-refractivity contribution in [1.82, 2.24) is 4.98 Å². The molecular weight excluding hydrogens is 222 g/mol. The zero-order chi connectivity index (χ0) is 12.7. The van der Waals surface area contributed by atoms with Crippen LogP contribution in [0.15, 0.2) is 42.6 Å². The highest BCUT2D eigenvalue weighted by Crippen LogP contribution is 2.33. The summed E-state index contributed by atoms with van der Waals surface area (Å²) in [5.41, 5.74) is 5.20. The van der Waals surface area contributed by atoms with Crippen molar-refractivity contribution >= 4 is 10.9 Å². The number of hydrogen-bond donors (Lipinski definition) is 2. The summed E-state index contributed by atoms with van der Waals surface area (Å²) in [5, 5.41) is 11.2. The van der Waals surface area contributed by atoms with Crippen molar-refractivity contribution in [2.75, 3.05) is 0 Å². The van der Waals surface area contributed by atoms with Crippen LogP contribution in [-0.4, -0.2) is 10.1 Å². The molecule has 2 aromatic carbocycles. The quantitative estimate of drug-likeness (QED) is 0.655. The van der Waals surface area contributed by atoms with Crippen LogP contribution in [0.5, 0.6) is 5.75 Å². The third-order valence-corrected chi connectivity index (χ3v) is 3.50. The molecule has 0 unspecified atom stereocenters. The van der Waals surface area contributed by atoms with E-state index in [1.807, 2.05) is 26.1 Å². The van der Waals surface area contributed by atoms with Gasteiger partial charge in [0, 0.05) is 11.7 Å². The summed E-state index contributed by atoms with van der Waals surface area (Å²) in [4.78, 5) is 3.18.